The molecular weight excluding hydrogens is 282 g/mol. The zero-order valence-corrected chi connectivity index (χ0v) is 13.3. The summed E-state index contributed by atoms with van der Waals surface area (Å²) in [6.07, 6.45) is 6.84. The third-order valence-corrected chi connectivity index (χ3v) is 3.62. The van der Waals surface area contributed by atoms with Gasteiger partial charge in [-0.1, -0.05) is 6.92 Å². The Balaban J connectivity index is 1.81. The summed E-state index contributed by atoms with van der Waals surface area (Å²) >= 11 is 0. The van der Waals surface area contributed by atoms with Crippen LogP contribution < -0.4 is 10.6 Å². The number of carbonyl (C=O) groups excluding carboxylic acids is 2. The topological polar surface area (TPSA) is 79.3 Å². The lowest BCUT2D eigenvalue weighted by atomic mass is 10.3. The number of amides is 2. The molecule has 0 spiro atoms. The van der Waals surface area contributed by atoms with Gasteiger partial charge in [-0.15, -0.1) is 0 Å². The standard InChI is InChI=1S/C15H25N5O2/c1-3-6-19(8-12-4-5-12)10-15(22)18-13-7-17-20(9-13)11-14(21)16-2/h7,9,12H,3-6,8,10-11H2,1-2H3,(H,16,21)(H,18,22). The predicted octanol–water partition coefficient (Wildman–Crippen LogP) is 0.690. The zero-order valence-electron chi connectivity index (χ0n) is 13.3. The molecule has 22 heavy (non-hydrogen) atoms. The van der Waals surface area contributed by atoms with Gasteiger partial charge in [-0.05, 0) is 31.7 Å². The van der Waals surface area contributed by atoms with Crippen molar-refractivity contribution in [3.8, 4) is 0 Å². The molecule has 1 aliphatic rings. The van der Waals surface area contributed by atoms with Gasteiger partial charge >= 0.3 is 0 Å². The molecule has 2 rings (SSSR count). The van der Waals surface area contributed by atoms with Gasteiger partial charge in [0.15, 0.2) is 0 Å². The summed E-state index contributed by atoms with van der Waals surface area (Å²) in [7, 11) is 1.58. The molecule has 122 valence electrons. The van der Waals surface area contributed by atoms with Crippen molar-refractivity contribution in [2.75, 3.05) is 32.0 Å². The van der Waals surface area contributed by atoms with Gasteiger partial charge in [0.1, 0.15) is 6.54 Å². The number of nitrogens with one attached hydrogen (secondary N) is 2. The lowest BCUT2D eigenvalue weighted by molar-refractivity contribution is -0.121. The first-order valence-electron chi connectivity index (χ1n) is 7.86. The molecule has 0 bridgehead atoms. The van der Waals surface area contributed by atoms with Crippen molar-refractivity contribution in [2.45, 2.75) is 32.7 Å². The minimum Gasteiger partial charge on any atom is -0.358 e. The van der Waals surface area contributed by atoms with Crippen LogP contribution in [-0.4, -0.2) is 53.2 Å². The number of hydrogen-bond acceptors (Lipinski definition) is 4. The maximum atomic E-state index is 12.1. The first kappa shape index (κ1) is 16.5. The van der Waals surface area contributed by atoms with Crippen molar-refractivity contribution >= 4 is 17.5 Å². The maximum absolute atomic E-state index is 12.1. The molecule has 0 radical (unpaired) electrons. The highest BCUT2D eigenvalue weighted by Crippen LogP contribution is 2.29. The van der Waals surface area contributed by atoms with Gasteiger partial charge < -0.3 is 10.6 Å². The summed E-state index contributed by atoms with van der Waals surface area (Å²) in [4.78, 5) is 25.6. The fraction of sp³-hybridized carbons (Fsp3) is 0.667. The average Bonchev–Trinajstić information content (AvgIpc) is 3.18. The van der Waals surface area contributed by atoms with Crippen molar-refractivity contribution in [1.82, 2.24) is 20.0 Å². The fourth-order valence-corrected chi connectivity index (χ4v) is 2.36. The molecule has 0 unspecified atom stereocenters. The molecule has 1 fully saturated rings. The third kappa shape index (κ3) is 5.48. The normalized spacial score (nSPS) is 14.1. The number of hydrogen-bond donors (Lipinski definition) is 2. The highest BCUT2D eigenvalue weighted by Gasteiger charge is 2.24. The molecule has 1 aromatic rings. The zero-order chi connectivity index (χ0) is 15.9. The van der Waals surface area contributed by atoms with Crippen LogP contribution in [0.15, 0.2) is 12.4 Å². The molecule has 2 amide bonds. The van der Waals surface area contributed by atoms with Crippen LogP contribution in [0.25, 0.3) is 0 Å². The second-order valence-electron chi connectivity index (χ2n) is 5.83. The number of aromatic nitrogens is 2. The van der Waals surface area contributed by atoms with Gasteiger partial charge in [0, 0.05) is 19.8 Å². The Hall–Kier alpha value is -1.89. The van der Waals surface area contributed by atoms with Crippen LogP contribution in [-0.2, 0) is 16.1 Å². The predicted molar refractivity (Wildman–Crippen MR) is 84.4 cm³/mol. The van der Waals surface area contributed by atoms with Crippen LogP contribution in [0.4, 0.5) is 5.69 Å². The number of carbonyl (C=O) groups is 2. The van der Waals surface area contributed by atoms with E-state index in [0.717, 1.165) is 25.4 Å². The minimum absolute atomic E-state index is 0.0337. The lowest BCUT2D eigenvalue weighted by Crippen LogP contribution is -2.35. The van der Waals surface area contributed by atoms with E-state index in [4.69, 9.17) is 0 Å². The maximum Gasteiger partial charge on any atom is 0.241 e. The molecule has 1 saturated carbocycles. The van der Waals surface area contributed by atoms with Crippen LogP contribution >= 0.6 is 0 Å². The third-order valence-electron chi connectivity index (χ3n) is 3.62. The highest BCUT2D eigenvalue weighted by molar-refractivity contribution is 5.92. The first-order chi connectivity index (χ1) is 10.6. The van der Waals surface area contributed by atoms with Gasteiger partial charge in [-0.25, -0.2) is 0 Å². The van der Waals surface area contributed by atoms with Crippen molar-refractivity contribution in [1.29, 1.82) is 0 Å². The quantitative estimate of drug-likeness (QED) is 0.703. The molecule has 0 saturated heterocycles. The number of likely N-dealkylation sites (N-methyl/N-ethyl adjacent to an activating group) is 1. The van der Waals surface area contributed by atoms with E-state index < -0.39 is 0 Å². The van der Waals surface area contributed by atoms with Crippen LogP contribution in [0, 0.1) is 5.92 Å². The molecule has 1 heterocycles. The van der Waals surface area contributed by atoms with Gasteiger partial charge in [-0.3, -0.25) is 19.2 Å². The Morgan fingerprint density at radius 1 is 1.41 bits per heavy atom. The van der Waals surface area contributed by atoms with E-state index in [1.54, 1.807) is 19.4 Å². The molecular formula is C15H25N5O2. The van der Waals surface area contributed by atoms with Gasteiger partial charge in [0.05, 0.1) is 18.4 Å². The fourth-order valence-electron chi connectivity index (χ4n) is 2.36. The smallest absolute Gasteiger partial charge is 0.241 e. The van der Waals surface area contributed by atoms with Crippen molar-refractivity contribution < 1.29 is 9.59 Å². The molecule has 1 aromatic heterocycles. The number of anilines is 1. The van der Waals surface area contributed by atoms with Crippen LogP contribution in [0.2, 0.25) is 0 Å². The van der Waals surface area contributed by atoms with Crippen molar-refractivity contribution in [3.05, 3.63) is 12.4 Å². The van der Waals surface area contributed by atoms with Crippen LogP contribution in [0.3, 0.4) is 0 Å². The molecule has 1 aliphatic carbocycles. The Bertz CT molecular complexity index is 510. The largest absolute Gasteiger partial charge is 0.358 e. The van der Waals surface area contributed by atoms with Crippen molar-refractivity contribution in [3.63, 3.8) is 0 Å². The molecule has 0 aromatic carbocycles. The Morgan fingerprint density at radius 2 is 2.18 bits per heavy atom. The van der Waals surface area contributed by atoms with E-state index in [9.17, 15) is 9.59 Å². The molecule has 2 N–H and O–H groups in total. The molecule has 7 nitrogen and oxygen atoms in total. The van der Waals surface area contributed by atoms with Gasteiger partial charge in [-0.2, -0.15) is 5.10 Å². The summed E-state index contributed by atoms with van der Waals surface area (Å²) < 4.78 is 1.50. The summed E-state index contributed by atoms with van der Waals surface area (Å²) in [6, 6.07) is 0. The van der Waals surface area contributed by atoms with E-state index in [1.165, 1.54) is 17.5 Å². The lowest BCUT2D eigenvalue weighted by Gasteiger charge is -2.20. The van der Waals surface area contributed by atoms with Crippen LogP contribution in [0.1, 0.15) is 26.2 Å². The van der Waals surface area contributed by atoms with E-state index in [-0.39, 0.29) is 18.4 Å². The monoisotopic (exact) mass is 307 g/mol. The van der Waals surface area contributed by atoms with Crippen molar-refractivity contribution in [2.24, 2.45) is 5.92 Å². The Labute approximate surface area is 131 Å². The summed E-state index contributed by atoms with van der Waals surface area (Å²) in [5, 5.41) is 9.43. The van der Waals surface area contributed by atoms with Crippen LogP contribution in [0.5, 0.6) is 0 Å². The summed E-state index contributed by atoms with van der Waals surface area (Å²) in [6.45, 7) is 4.64. The van der Waals surface area contributed by atoms with Gasteiger partial charge in [0.2, 0.25) is 11.8 Å². The molecule has 0 aliphatic heterocycles. The average molecular weight is 307 g/mol. The Morgan fingerprint density at radius 3 is 2.82 bits per heavy atom. The summed E-state index contributed by atoms with van der Waals surface area (Å²) in [5.74, 6) is 0.614. The second-order valence-corrected chi connectivity index (χ2v) is 5.83. The molecule has 0 atom stereocenters. The molecule has 7 heteroatoms. The minimum atomic E-state index is -0.125. The Kier molecular flexibility index (Phi) is 5.94. The first-order valence-corrected chi connectivity index (χ1v) is 7.86. The van der Waals surface area contributed by atoms with E-state index in [2.05, 4.69) is 27.6 Å². The number of rotatable bonds is 9. The second kappa shape index (κ2) is 7.93. The SMILES string of the molecule is CCCN(CC(=O)Nc1cnn(CC(=O)NC)c1)CC1CC1. The highest BCUT2D eigenvalue weighted by atomic mass is 16.2. The summed E-state index contributed by atoms with van der Waals surface area (Å²) in [5.41, 5.74) is 0.622. The number of nitrogens with zero attached hydrogens (tertiary/aromatic N) is 3. The van der Waals surface area contributed by atoms with E-state index >= 15 is 0 Å². The van der Waals surface area contributed by atoms with Gasteiger partial charge in [0.25, 0.3) is 0 Å². The van der Waals surface area contributed by atoms with E-state index in [1.807, 2.05) is 0 Å². The van der Waals surface area contributed by atoms with E-state index in [0.29, 0.717) is 12.2 Å².